The van der Waals surface area contributed by atoms with E-state index in [1.165, 1.54) is 37.4 Å². The molecule has 1 fully saturated rings. The second-order valence-electron chi connectivity index (χ2n) is 5.06. The second kappa shape index (κ2) is 5.54. The zero-order valence-corrected chi connectivity index (χ0v) is 11.7. The van der Waals surface area contributed by atoms with Crippen LogP contribution in [0.5, 0.6) is 5.75 Å². The third kappa shape index (κ3) is 2.63. The van der Waals surface area contributed by atoms with E-state index in [9.17, 15) is 0 Å². The monoisotopic (exact) mass is 246 g/mol. The van der Waals surface area contributed by atoms with Crippen LogP contribution in [0, 0.1) is 0 Å². The van der Waals surface area contributed by atoms with Crippen LogP contribution in [0.2, 0.25) is 18.1 Å². The van der Waals surface area contributed by atoms with Gasteiger partial charge in [0, 0.05) is 0 Å². The lowest BCUT2D eigenvalue weighted by molar-refractivity contribution is 0.415. The molecule has 2 rings (SSSR count). The average molecular weight is 246 g/mol. The highest BCUT2D eigenvalue weighted by Crippen LogP contribution is 2.32. The number of ether oxygens (including phenoxy) is 1. The Labute approximate surface area is 106 Å². The van der Waals surface area contributed by atoms with E-state index in [-0.39, 0.29) is 0 Å². The van der Waals surface area contributed by atoms with E-state index in [1.807, 2.05) is 0 Å². The van der Waals surface area contributed by atoms with Crippen molar-refractivity contribution < 1.29 is 4.74 Å². The molecule has 0 bridgehead atoms. The predicted octanol–water partition coefficient (Wildman–Crippen LogP) is 3.72. The van der Waals surface area contributed by atoms with Crippen molar-refractivity contribution in [2.75, 3.05) is 7.11 Å². The van der Waals surface area contributed by atoms with Crippen molar-refractivity contribution in [2.45, 2.75) is 37.4 Å². The fraction of sp³-hybridized carbons (Fsp3) is 0.467. The number of methoxy groups -OCH3 is 1. The minimum Gasteiger partial charge on any atom is -0.497 e. The van der Waals surface area contributed by atoms with Crippen LogP contribution in [0.25, 0.3) is 0 Å². The summed E-state index contributed by atoms with van der Waals surface area (Å²) in [6.07, 6.45) is 6.38. The maximum atomic E-state index is 5.24. The summed E-state index contributed by atoms with van der Waals surface area (Å²) in [6.45, 7) is 3.97. The van der Waals surface area contributed by atoms with Gasteiger partial charge in [0.2, 0.25) is 0 Å². The third-order valence-corrected chi connectivity index (χ3v) is 9.30. The van der Waals surface area contributed by atoms with E-state index in [1.54, 1.807) is 12.3 Å². The molecule has 0 saturated carbocycles. The van der Waals surface area contributed by atoms with Crippen molar-refractivity contribution in [3.05, 3.63) is 36.9 Å². The maximum Gasteiger partial charge on any atom is 0.118 e. The van der Waals surface area contributed by atoms with Gasteiger partial charge in [-0.2, -0.15) is 0 Å². The Morgan fingerprint density at radius 2 is 1.82 bits per heavy atom. The average Bonchev–Trinajstić information content (AvgIpc) is 2.40. The predicted molar refractivity (Wildman–Crippen MR) is 76.9 cm³/mol. The Balaban J connectivity index is 2.27. The Morgan fingerprint density at radius 1 is 1.18 bits per heavy atom. The smallest absolute Gasteiger partial charge is 0.118 e. The number of rotatable bonds is 4. The van der Waals surface area contributed by atoms with E-state index in [2.05, 4.69) is 36.9 Å². The van der Waals surface area contributed by atoms with Gasteiger partial charge in [-0.3, -0.25) is 0 Å². The van der Waals surface area contributed by atoms with Crippen LogP contribution >= 0.6 is 0 Å². The Bertz CT molecular complexity index is 363. The van der Waals surface area contributed by atoms with Crippen LogP contribution in [-0.2, 0) is 0 Å². The SMILES string of the molecule is C=CC[Si]1(c2ccc(OC)cc2)CCCCC1. The molecular weight excluding hydrogens is 224 g/mol. The molecule has 1 saturated heterocycles. The molecule has 0 atom stereocenters. The van der Waals surface area contributed by atoms with E-state index >= 15 is 0 Å². The number of allylic oxidation sites excluding steroid dienone is 1. The Morgan fingerprint density at radius 3 is 2.35 bits per heavy atom. The molecule has 92 valence electrons. The molecule has 0 unspecified atom stereocenters. The van der Waals surface area contributed by atoms with Crippen molar-refractivity contribution >= 4 is 13.3 Å². The van der Waals surface area contributed by atoms with Gasteiger partial charge in [-0.25, -0.2) is 0 Å². The summed E-state index contributed by atoms with van der Waals surface area (Å²) in [6, 6.07) is 12.9. The topological polar surface area (TPSA) is 9.23 Å². The van der Waals surface area contributed by atoms with Crippen LogP contribution in [0.4, 0.5) is 0 Å². The first-order chi connectivity index (χ1) is 8.30. The molecule has 1 aromatic carbocycles. The van der Waals surface area contributed by atoms with Gasteiger partial charge >= 0.3 is 0 Å². The highest BCUT2D eigenvalue weighted by atomic mass is 28.3. The molecule has 1 aromatic rings. The molecule has 0 aliphatic carbocycles. The zero-order valence-electron chi connectivity index (χ0n) is 10.7. The van der Waals surface area contributed by atoms with Crippen molar-refractivity contribution in [2.24, 2.45) is 0 Å². The summed E-state index contributed by atoms with van der Waals surface area (Å²) in [5, 5.41) is 1.60. The molecule has 1 heterocycles. The molecule has 0 radical (unpaired) electrons. The normalized spacial score (nSPS) is 18.6. The summed E-state index contributed by atoms with van der Waals surface area (Å²) in [4.78, 5) is 0. The van der Waals surface area contributed by atoms with Crippen LogP contribution < -0.4 is 9.92 Å². The summed E-state index contributed by atoms with van der Waals surface area (Å²) in [7, 11) is 0.461. The first-order valence-corrected chi connectivity index (χ1v) is 9.18. The van der Waals surface area contributed by atoms with E-state index in [0.29, 0.717) is 0 Å². The molecule has 0 spiro atoms. The fourth-order valence-electron chi connectivity index (χ4n) is 3.06. The van der Waals surface area contributed by atoms with Gasteiger partial charge < -0.3 is 4.74 Å². The molecule has 0 amide bonds. The van der Waals surface area contributed by atoms with Crippen molar-refractivity contribution in [3.8, 4) is 5.75 Å². The number of hydrogen-bond donors (Lipinski definition) is 0. The van der Waals surface area contributed by atoms with Gasteiger partial charge in [-0.05, 0) is 18.2 Å². The van der Waals surface area contributed by atoms with Gasteiger partial charge in [0.25, 0.3) is 0 Å². The molecule has 2 heteroatoms. The lowest BCUT2D eigenvalue weighted by Gasteiger charge is -2.35. The first-order valence-electron chi connectivity index (χ1n) is 6.56. The molecule has 0 aromatic heterocycles. The standard InChI is InChI=1S/C15H22OSi/c1-3-11-17(12-5-4-6-13-17)15-9-7-14(16-2)8-10-15/h3,7-10H,1,4-6,11-13H2,2H3. The van der Waals surface area contributed by atoms with Crippen molar-refractivity contribution in [1.82, 2.24) is 0 Å². The van der Waals surface area contributed by atoms with Crippen molar-refractivity contribution in [1.29, 1.82) is 0 Å². The van der Waals surface area contributed by atoms with Crippen LogP contribution in [0.15, 0.2) is 36.9 Å². The number of hydrogen-bond acceptors (Lipinski definition) is 1. The third-order valence-electron chi connectivity index (χ3n) is 4.05. The second-order valence-corrected chi connectivity index (χ2v) is 9.61. The molecular formula is C15H22OSi. The largest absolute Gasteiger partial charge is 0.497 e. The lowest BCUT2D eigenvalue weighted by Crippen LogP contribution is -2.48. The van der Waals surface area contributed by atoms with E-state index in [0.717, 1.165) is 5.75 Å². The zero-order chi connectivity index (χ0) is 12.1. The lowest BCUT2D eigenvalue weighted by atomic mass is 10.3. The van der Waals surface area contributed by atoms with Crippen LogP contribution in [0.3, 0.4) is 0 Å². The van der Waals surface area contributed by atoms with Crippen LogP contribution in [0.1, 0.15) is 19.3 Å². The van der Waals surface area contributed by atoms with Gasteiger partial charge in [0.05, 0.1) is 15.2 Å². The van der Waals surface area contributed by atoms with Gasteiger partial charge in [-0.15, -0.1) is 6.58 Å². The van der Waals surface area contributed by atoms with Gasteiger partial charge in [0.15, 0.2) is 0 Å². The fourth-order valence-corrected chi connectivity index (χ4v) is 7.81. The molecule has 1 aliphatic rings. The highest BCUT2D eigenvalue weighted by molar-refractivity contribution is 6.92. The summed E-state index contributed by atoms with van der Waals surface area (Å²) < 4.78 is 5.24. The number of benzene rings is 1. The molecule has 1 aliphatic heterocycles. The van der Waals surface area contributed by atoms with Gasteiger partial charge in [0.1, 0.15) is 5.75 Å². The Hall–Kier alpha value is -1.02. The quantitative estimate of drug-likeness (QED) is 0.581. The molecule has 17 heavy (non-hydrogen) atoms. The minimum atomic E-state index is -1.27. The molecule has 0 N–H and O–H groups in total. The summed E-state index contributed by atoms with van der Waals surface area (Å²) >= 11 is 0. The van der Waals surface area contributed by atoms with E-state index in [4.69, 9.17) is 4.74 Å². The van der Waals surface area contributed by atoms with Crippen molar-refractivity contribution in [3.63, 3.8) is 0 Å². The first kappa shape index (κ1) is 12.4. The van der Waals surface area contributed by atoms with Gasteiger partial charge in [-0.1, -0.05) is 54.7 Å². The summed E-state index contributed by atoms with van der Waals surface area (Å²) in [5.41, 5.74) is 0. The van der Waals surface area contributed by atoms with E-state index < -0.39 is 8.07 Å². The highest BCUT2D eigenvalue weighted by Gasteiger charge is 2.34. The minimum absolute atomic E-state index is 0.965. The Kier molecular flexibility index (Phi) is 4.05. The summed E-state index contributed by atoms with van der Waals surface area (Å²) in [5.74, 6) is 0.965. The van der Waals surface area contributed by atoms with Crippen LogP contribution in [-0.4, -0.2) is 15.2 Å². The molecule has 1 nitrogen and oxygen atoms in total. The maximum absolute atomic E-state index is 5.24.